The van der Waals surface area contributed by atoms with Crippen molar-refractivity contribution in [2.24, 2.45) is 0 Å². The SMILES string of the molecule is COC(=O)CNC(=O)c1ccc(OC)c(C#CCCO)c1. The topological polar surface area (TPSA) is 84.9 Å². The van der Waals surface area contributed by atoms with Crippen LogP contribution in [0.1, 0.15) is 22.3 Å². The Morgan fingerprint density at radius 2 is 2.10 bits per heavy atom. The van der Waals surface area contributed by atoms with Crippen LogP contribution in [-0.4, -0.2) is 44.4 Å². The second-order valence-electron chi connectivity index (χ2n) is 3.95. The molecule has 0 spiro atoms. The maximum Gasteiger partial charge on any atom is 0.325 e. The van der Waals surface area contributed by atoms with Crippen molar-refractivity contribution in [1.29, 1.82) is 0 Å². The van der Waals surface area contributed by atoms with E-state index in [9.17, 15) is 9.59 Å². The molecule has 21 heavy (non-hydrogen) atoms. The quantitative estimate of drug-likeness (QED) is 0.603. The number of carbonyl (C=O) groups is 2. The van der Waals surface area contributed by atoms with Crippen molar-refractivity contribution in [3.8, 4) is 17.6 Å². The predicted octanol–water partition coefficient (Wildman–Crippen LogP) is 0.332. The highest BCUT2D eigenvalue weighted by molar-refractivity contribution is 5.96. The van der Waals surface area contributed by atoms with E-state index in [2.05, 4.69) is 21.9 Å². The third-order valence-corrected chi connectivity index (χ3v) is 2.54. The van der Waals surface area contributed by atoms with Gasteiger partial charge in [-0.2, -0.15) is 0 Å². The molecule has 112 valence electrons. The Kier molecular flexibility index (Phi) is 6.78. The molecule has 0 fully saturated rings. The summed E-state index contributed by atoms with van der Waals surface area (Å²) in [5.41, 5.74) is 0.893. The zero-order chi connectivity index (χ0) is 15.7. The molecule has 1 rings (SSSR count). The fourth-order valence-electron chi connectivity index (χ4n) is 1.49. The lowest BCUT2D eigenvalue weighted by atomic mass is 10.1. The van der Waals surface area contributed by atoms with E-state index >= 15 is 0 Å². The third kappa shape index (κ3) is 5.16. The molecule has 0 bridgehead atoms. The van der Waals surface area contributed by atoms with Gasteiger partial charge in [0.25, 0.3) is 5.91 Å². The first-order valence-corrected chi connectivity index (χ1v) is 6.25. The zero-order valence-electron chi connectivity index (χ0n) is 11.9. The van der Waals surface area contributed by atoms with Crippen LogP contribution in [0.25, 0.3) is 0 Å². The van der Waals surface area contributed by atoms with Crippen molar-refractivity contribution in [2.45, 2.75) is 6.42 Å². The summed E-state index contributed by atoms with van der Waals surface area (Å²) < 4.78 is 9.60. The number of esters is 1. The normalized spacial score (nSPS) is 9.29. The highest BCUT2D eigenvalue weighted by Gasteiger charge is 2.10. The summed E-state index contributed by atoms with van der Waals surface area (Å²) in [5, 5.41) is 11.2. The van der Waals surface area contributed by atoms with Gasteiger partial charge in [-0.25, -0.2) is 0 Å². The van der Waals surface area contributed by atoms with Gasteiger partial charge in [0.05, 0.1) is 26.4 Å². The van der Waals surface area contributed by atoms with Crippen molar-refractivity contribution in [3.05, 3.63) is 29.3 Å². The predicted molar refractivity (Wildman–Crippen MR) is 75.9 cm³/mol. The van der Waals surface area contributed by atoms with Gasteiger partial charge in [0, 0.05) is 12.0 Å². The maximum absolute atomic E-state index is 11.9. The molecule has 1 amide bonds. The summed E-state index contributed by atoms with van der Waals surface area (Å²) >= 11 is 0. The average molecular weight is 291 g/mol. The molecule has 1 aromatic rings. The highest BCUT2D eigenvalue weighted by atomic mass is 16.5. The lowest BCUT2D eigenvalue weighted by Crippen LogP contribution is -2.30. The monoisotopic (exact) mass is 291 g/mol. The van der Waals surface area contributed by atoms with Gasteiger partial charge in [-0.05, 0) is 18.2 Å². The van der Waals surface area contributed by atoms with E-state index in [-0.39, 0.29) is 13.2 Å². The molecular weight excluding hydrogens is 274 g/mol. The van der Waals surface area contributed by atoms with Crippen molar-refractivity contribution in [3.63, 3.8) is 0 Å². The number of hydrogen-bond donors (Lipinski definition) is 2. The summed E-state index contributed by atoms with van der Waals surface area (Å²) in [5.74, 6) is 5.19. The molecule has 0 aliphatic rings. The molecule has 0 heterocycles. The molecule has 0 unspecified atom stereocenters. The zero-order valence-corrected chi connectivity index (χ0v) is 11.9. The molecular formula is C15H17NO5. The number of aliphatic hydroxyl groups is 1. The fraction of sp³-hybridized carbons (Fsp3) is 0.333. The first-order valence-electron chi connectivity index (χ1n) is 6.25. The molecule has 0 radical (unpaired) electrons. The van der Waals surface area contributed by atoms with Gasteiger partial charge in [0.15, 0.2) is 0 Å². The number of methoxy groups -OCH3 is 2. The Hall–Kier alpha value is -2.52. The largest absolute Gasteiger partial charge is 0.495 e. The summed E-state index contributed by atoms with van der Waals surface area (Å²) in [6, 6.07) is 4.76. The van der Waals surface area contributed by atoms with Crippen LogP contribution in [0, 0.1) is 11.8 Å². The lowest BCUT2D eigenvalue weighted by Gasteiger charge is -2.07. The van der Waals surface area contributed by atoms with Crippen LogP contribution in [0.4, 0.5) is 0 Å². The number of nitrogens with one attached hydrogen (secondary N) is 1. The molecule has 0 saturated heterocycles. The van der Waals surface area contributed by atoms with Crippen molar-refractivity contribution >= 4 is 11.9 Å². The van der Waals surface area contributed by atoms with Crippen LogP contribution in [0.2, 0.25) is 0 Å². The van der Waals surface area contributed by atoms with E-state index in [1.807, 2.05) is 0 Å². The van der Waals surface area contributed by atoms with E-state index in [1.54, 1.807) is 18.2 Å². The minimum atomic E-state index is -0.528. The molecule has 0 atom stereocenters. The number of rotatable bonds is 5. The molecule has 2 N–H and O–H groups in total. The number of amides is 1. The smallest absolute Gasteiger partial charge is 0.325 e. The van der Waals surface area contributed by atoms with Gasteiger partial charge >= 0.3 is 5.97 Å². The number of benzene rings is 1. The average Bonchev–Trinajstić information content (AvgIpc) is 2.52. The van der Waals surface area contributed by atoms with Gasteiger partial charge in [-0.3, -0.25) is 9.59 Å². The van der Waals surface area contributed by atoms with Gasteiger partial charge < -0.3 is 19.9 Å². The molecule has 1 aromatic carbocycles. The lowest BCUT2D eigenvalue weighted by molar-refractivity contribution is -0.139. The minimum Gasteiger partial charge on any atom is -0.495 e. The summed E-state index contributed by atoms with van der Waals surface area (Å²) in [6.45, 7) is -0.235. The van der Waals surface area contributed by atoms with Crippen LogP contribution in [0.15, 0.2) is 18.2 Å². The van der Waals surface area contributed by atoms with Gasteiger partial charge in [0.1, 0.15) is 12.3 Å². The Morgan fingerprint density at radius 3 is 2.71 bits per heavy atom. The Labute approximate surface area is 123 Å². The molecule has 6 nitrogen and oxygen atoms in total. The van der Waals surface area contributed by atoms with Crippen molar-refractivity contribution in [1.82, 2.24) is 5.32 Å². The third-order valence-electron chi connectivity index (χ3n) is 2.54. The second-order valence-corrected chi connectivity index (χ2v) is 3.95. The molecule has 0 saturated carbocycles. The van der Waals surface area contributed by atoms with Crippen molar-refractivity contribution in [2.75, 3.05) is 27.4 Å². The van der Waals surface area contributed by atoms with Gasteiger partial charge in [-0.1, -0.05) is 11.8 Å². The Bertz CT molecular complexity index is 571. The van der Waals surface area contributed by atoms with E-state index in [0.717, 1.165) is 0 Å². The highest BCUT2D eigenvalue weighted by Crippen LogP contribution is 2.18. The number of carbonyl (C=O) groups excluding carboxylic acids is 2. The number of ether oxygens (including phenoxy) is 2. The molecule has 6 heteroatoms. The van der Waals surface area contributed by atoms with Crippen molar-refractivity contribution < 1.29 is 24.2 Å². The first-order chi connectivity index (χ1) is 10.1. The summed E-state index contributed by atoms with van der Waals surface area (Å²) in [7, 11) is 2.75. The molecule has 0 aliphatic carbocycles. The number of aliphatic hydroxyl groups excluding tert-OH is 1. The maximum atomic E-state index is 11.9. The van der Waals surface area contributed by atoms with E-state index in [1.165, 1.54) is 14.2 Å². The summed E-state index contributed by atoms with van der Waals surface area (Å²) in [6.07, 6.45) is 0.335. The van der Waals surface area contributed by atoms with Gasteiger partial charge in [0.2, 0.25) is 0 Å². The Balaban J connectivity index is 2.89. The van der Waals surface area contributed by atoms with Gasteiger partial charge in [-0.15, -0.1) is 0 Å². The molecule has 0 aromatic heterocycles. The minimum absolute atomic E-state index is 0.0331. The van der Waals surface area contributed by atoms with E-state index in [4.69, 9.17) is 9.84 Å². The second kappa shape index (κ2) is 8.61. The fourth-order valence-corrected chi connectivity index (χ4v) is 1.49. The van der Waals surface area contributed by atoms with Crippen LogP contribution >= 0.6 is 0 Å². The van der Waals surface area contributed by atoms with E-state index in [0.29, 0.717) is 23.3 Å². The first kappa shape index (κ1) is 16.5. The number of hydrogen-bond acceptors (Lipinski definition) is 5. The Morgan fingerprint density at radius 1 is 1.33 bits per heavy atom. The van der Waals surface area contributed by atoms with Crippen LogP contribution < -0.4 is 10.1 Å². The van der Waals surface area contributed by atoms with Crippen LogP contribution in [-0.2, 0) is 9.53 Å². The van der Waals surface area contributed by atoms with Crippen LogP contribution in [0.3, 0.4) is 0 Å². The van der Waals surface area contributed by atoms with E-state index < -0.39 is 11.9 Å². The molecule has 0 aliphatic heterocycles. The van der Waals surface area contributed by atoms with Crippen LogP contribution in [0.5, 0.6) is 5.75 Å². The summed E-state index contributed by atoms with van der Waals surface area (Å²) in [4.78, 5) is 22.9. The standard InChI is InChI=1S/C15H17NO5/c1-20-13-7-6-12(9-11(13)5-3-4-8-17)15(19)16-10-14(18)21-2/h6-7,9,17H,4,8,10H2,1-2H3,(H,16,19).